The summed E-state index contributed by atoms with van der Waals surface area (Å²) in [4.78, 5) is 29.6. The van der Waals surface area contributed by atoms with Crippen LogP contribution in [0.15, 0.2) is 54.6 Å². The molecule has 2 aliphatic rings. The second kappa shape index (κ2) is 8.42. The van der Waals surface area contributed by atoms with Crippen LogP contribution in [0.3, 0.4) is 0 Å². The molecule has 1 saturated heterocycles. The molecule has 0 aliphatic carbocycles. The van der Waals surface area contributed by atoms with Crippen LogP contribution < -0.4 is 15.0 Å². The number of aldehydes is 1. The molecule has 1 fully saturated rings. The number of nitrogens with one attached hydrogen (secondary N) is 1. The predicted molar refractivity (Wildman–Crippen MR) is 104 cm³/mol. The number of hydrogen-bond donors (Lipinski definition) is 2. The Bertz CT molecular complexity index is 928. The first-order valence-corrected chi connectivity index (χ1v) is 9.36. The van der Waals surface area contributed by atoms with Gasteiger partial charge in [-0.1, -0.05) is 18.2 Å². The van der Waals surface area contributed by atoms with Crippen LogP contribution in [0.5, 0.6) is 5.75 Å². The van der Waals surface area contributed by atoms with Gasteiger partial charge in [-0.2, -0.15) is 0 Å². The predicted octanol–water partition coefficient (Wildman–Crippen LogP) is 1.40. The van der Waals surface area contributed by atoms with Crippen molar-refractivity contribution in [2.45, 2.75) is 25.1 Å². The third-order valence-corrected chi connectivity index (χ3v) is 4.86. The van der Waals surface area contributed by atoms with Crippen LogP contribution in [0, 0.1) is 0 Å². The van der Waals surface area contributed by atoms with Gasteiger partial charge in [0.15, 0.2) is 12.0 Å². The number of carbonyl (C=O) groups is 2. The lowest BCUT2D eigenvalue weighted by atomic mass is 10.1. The van der Waals surface area contributed by atoms with Crippen LogP contribution in [0.2, 0.25) is 0 Å². The van der Waals surface area contributed by atoms with Gasteiger partial charge >= 0.3 is 0 Å². The van der Waals surface area contributed by atoms with Crippen LogP contribution in [0.1, 0.15) is 22.5 Å². The van der Waals surface area contributed by atoms with Crippen molar-refractivity contribution < 1.29 is 24.2 Å². The molecule has 8 heteroatoms. The summed E-state index contributed by atoms with van der Waals surface area (Å²) in [6, 6.07) is 10.5. The minimum atomic E-state index is -0.748. The highest BCUT2D eigenvalue weighted by Crippen LogP contribution is 2.35. The highest BCUT2D eigenvalue weighted by atomic mass is 16.5. The Morgan fingerprint density at radius 1 is 1.31 bits per heavy atom. The lowest BCUT2D eigenvalue weighted by molar-refractivity contribution is -0.122. The standard InChI is InChI=1S/C21H21N3O5/c25-12-15-6-5-14(9-22-15)10-24-11-20(29-19-4-2-1-3-17(19)24)21(27)23-16-7-8-28-13-18(16)26/h1-6,9,11-12,16,18,26H,7-8,10,13H2,(H,23,27). The van der Waals surface area contributed by atoms with Gasteiger partial charge in [0.05, 0.1) is 30.6 Å². The molecule has 3 heterocycles. The molecular formula is C21H21N3O5. The monoisotopic (exact) mass is 395 g/mol. The number of benzene rings is 1. The summed E-state index contributed by atoms with van der Waals surface area (Å²) in [6.07, 6.45) is 3.75. The maximum absolute atomic E-state index is 12.8. The van der Waals surface area contributed by atoms with Gasteiger partial charge in [0.1, 0.15) is 5.69 Å². The molecule has 0 spiro atoms. The molecule has 29 heavy (non-hydrogen) atoms. The number of ether oxygens (including phenoxy) is 2. The van der Waals surface area contributed by atoms with Crippen LogP contribution >= 0.6 is 0 Å². The molecule has 2 N–H and O–H groups in total. The Balaban J connectivity index is 1.55. The summed E-state index contributed by atoms with van der Waals surface area (Å²) in [7, 11) is 0. The zero-order valence-corrected chi connectivity index (χ0v) is 15.7. The number of pyridine rings is 1. The SMILES string of the molecule is O=Cc1ccc(CN2C=C(C(=O)NC3CCOCC3O)Oc3ccccc32)cn1. The average Bonchev–Trinajstić information content (AvgIpc) is 2.76. The molecular weight excluding hydrogens is 374 g/mol. The number of nitrogens with zero attached hydrogens (tertiary/aromatic N) is 2. The first kappa shape index (κ1) is 19.1. The zero-order valence-electron chi connectivity index (χ0n) is 15.7. The summed E-state index contributed by atoms with van der Waals surface area (Å²) < 4.78 is 11.0. The lowest BCUT2D eigenvalue weighted by Crippen LogP contribution is -2.49. The number of aliphatic hydroxyl groups excluding tert-OH is 1. The number of anilines is 1. The van der Waals surface area contributed by atoms with E-state index >= 15 is 0 Å². The Morgan fingerprint density at radius 2 is 2.17 bits per heavy atom. The highest BCUT2D eigenvalue weighted by Gasteiger charge is 2.29. The van der Waals surface area contributed by atoms with E-state index in [9.17, 15) is 14.7 Å². The first-order chi connectivity index (χ1) is 14.1. The average molecular weight is 395 g/mol. The van der Waals surface area contributed by atoms with Gasteiger partial charge in [-0.05, 0) is 30.2 Å². The molecule has 2 atom stereocenters. The number of amides is 1. The van der Waals surface area contributed by atoms with Crippen LogP contribution in [0.4, 0.5) is 5.69 Å². The van der Waals surface area contributed by atoms with Crippen LogP contribution in [-0.2, 0) is 16.1 Å². The minimum Gasteiger partial charge on any atom is -0.448 e. The smallest absolute Gasteiger partial charge is 0.288 e. The lowest BCUT2D eigenvalue weighted by Gasteiger charge is -2.31. The Hall–Kier alpha value is -3.23. The van der Waals surface area contributed by atoms with E-state index in [-0.39, 0.29) is 18.4 Å². The zero-order chi connectivity index (χ0) is 20.2. The van der Waals surface area contributed by atoms with Crippen molar-refractivity contribution >= 4 is 17.9 Å². The summed E-state index contributed by atoms with van der Waals surface area (Å²) in [5.74, 6) is 0.301. The molecule has 0 saturated carbocycles. The largest absolute Gasteiger partial charge is 0.448 e. The topological polar surface area (TPSA) is 101 Å². The van der Waals surface area contributed by atoms with E-state index in [1.54, 1.807) is 24.5 Å². The van der Waals surface area contributed by atoms with Gasteiger partial charge in [-0.15, -0.1) is 0 Å². The van der Waals surface area contributed by atoms with Crippen molar-refractivity contribution in [1.82, 2.24) is 10.3 Å². The molecule has 2 unspecified atom stereocenters. The number of para-hydroxylation sites is 2. The maximum atomic E-state index is 12.8. The second-order valence-electron chi connectivity index (χ2n) is 6.91. The maximum Gasteiger partial charge on any atom is 0.288 e. The van der Waals surface area contributed by atoms with E-state index in [0.717, 1.165) is 11.3 Å². The van der Waals surface area contributed by atoms with Crippen molar-refractivity contribution in [3.8, 4) is 5.75 Å². The molecule has 0 bridgehead atoms. The quantitative estimate of drug-likeness (QED) is 0.738. The molecule has 2 aromatic rings. The van der Waals surface area contributed by atoms with Gasteiger partial charge in [0.25, 0.3) is 5.91 Å². The number of aromatic nitrogens is 1. The van der Waals surface area contributed by atoms with Crippen molar-refractivity contribution in [2.24, 2.45) is 0 Å². The molecule has 0 radical (unpaired) electrons. The minimum absolute atomic E-state index is 0.139. The van der Waals surface area contributed by atoms with E-state index < -0.39 is 12.0 Å². The molecule has 1 aromatic heterocycles. The van der Waals surface area contributed by atoms with Gasteiger partial charge in [0.2, 0.25) is 5.76 Å². The summed E-state index contributed by atoms with van der Waals surface area (Å²) in [5, 5.41) is 12.8. The van der Waals surface area contributed by atoms with Crippen molar-refractivity contribution in [1.29, 1.82) is 0 Å². The number of aliphatic hydroxyl groups is 1. The molecule has 1 amide bonds. The first-order valence-electron chi connectivity index (χ1n) is 9.36. The fourth-order valence-corrected chi connectivity index (χ4v) is 3.30. The van der Waals surface area contributed by atoms with E-state index in [4.69, 9.17) is 9.47 Å². The van der Waals surface area contributed by atoms with E-state index in [0.29, 0.717) is 37.3 Å². The number of carbonyl (C=O) groups excluding carboxylic acids is 2. The van der Waals surface area contributed by atoms with Crippen molar-refractivity contribution in [2.75, 3.05) is 18.1 Å². The van der Waals surface area contributed by atoms with Crippen LogP contribution in [-0.4, -0.2) is 47.6 Å². The Morgan fingerprint density at radius 3 is 2.93 bits per heavy atom. The molecule has 4 rings (SSSR count). The van der Waals surface area contributed by atoms with Gasteiger partial charge in [-0.25, -0.2) is 0 Å². The summed E-state index contributed by atoms with van der Waals surface area (Å²) in [6.45, 7) is 1.13. The normalized spacial score (nSPS) is 20.9. The van der Waals surface area contributed by atoms with Crippen molar-refractivity contribution in [3.05, 3.63) is 65.8 Å². The van der Waals surface area contributed by atoms with Gasteiger partial charge in [-0.3, -0.25) is 14.6 Å². The molecule has 2 aliphatic heterocycles. The second-order valence-corrected chi connectivity index (χ2v) is 6.91. The molecule has 1 aromatic carbocycles. The van der Waals surface area contributed by atoms with E-state index in [1.807, 2.05) is 29.2 Å². The van der Waals surface area contributed by atoms with Gasteiger partial charge in [0, 0.05) is 19.3 Å². The molecule has 8 nitrogen and oxygen atoms in total. The third kappa shape index (κ3) is 4.28. The third-order valence-electron chi connectivity index (χ3n) is 4.86. The Kier molecular flexibility index (Phi) is 5.55. The highest BCUT2D eigenvalue weighted by molar-refractivity contribution is 5.93. The number of hydrogen-bond acceptors (Lipinski definition) is 7. The molecule has 150 valence electrons. The summed E-state index contributed by atoms with van der Waals surface area (Å²) in [5.41, 5.74) is 2.06. The van der Waals surface area contributed by atoms with E-state index in [1.165, 1.54) is 0 Å². The summed E-state index contributed by atoms with van der Waals surface area (Å²) >= 11 is 0. The fourth-order valence-electron chi connectivity index (χ4n) is 3.30. The Labute approximate surface area is 167 Å². The fraction of sp³-hybridized carbons (Fsp3) is 0.286. The number of fused-ring (bicyclic) bond motifs is 1. The van der Waals surface area contributed by atoms with E-state index in [2.05, 4.69) is 10.3 Å². The number of rotatable bonds is 5. The van der Waals surface area contributed by atoms with Gasteiger partial charge < -0.3 is 24.8 Å². The van der Waals surface area contributed by atoms with Crippen LogP contribution in [0.25, 0.3) is 0 Å². The van der Waals surface area contributed by atoms with Crippen molar-refractivity contribution in [3.63, 3.8) is 0 Å².